The Kier molecular flexibility index (Phi) is 10.5. The average molecular weight is 601 g/mol. The van der Waals surface area contributed by atoms with Gasteiger partial charge >= 0.3 is 0 Å². The van der Waals surface area contributed by atoms with Crippen molar-refractivity contribution in [1.29, 1.82) is 0 Å². The van der Waals surface area contributed by atoms with E-state index in [1.165, 1.54) is 17.0 Å². The van der Waals surface area contributed by atoms with Crippen molar-refractivity contribution in [2.24, 2.45) is 0 Å². The lowest BCUT2D eigenvalue weighted by Crippen LogP contribution is -2.53. The van der Waals surface area contributed by atoms with Crippen LogP contribution in [0.1, 0.15) is 32.8 Å². The number of carbonyl (C=O) groups is 2. The molecule has 3 aromatic carbocycles. The van der Waals surface area contributed by atoms with Crippen molar-refractivity contribution in [1.82, 2.24) is 10.2 Å². The first-order valence-corrected chi connectivity index (χ1v) is 14.8. The van der Waals surface area contributed by atoms with E-state index in [4.69, 9.17) is 0 Å². The Morgan fingerprint density at radius 2 is 1.55 bits per heavy atom. The van der Waals surface area contributed by atoms with Gasteiger partial charge in [0.05, 0.1) is 10.6 Å². The predicted molar refractivity (Wildman–Crippen MR) is 154 cm³/mol. The van der Waals surface area contributed by atoms with Crippen LogP contribution in [-0.2, 0) is 26.0 Å². The fourth-order valence-corrected chi connectivity index (χ4v) is 5.73. The lowest BCUT2D eigenvalue weighted by atomic mass is 10.1. The van der Waals surface area contributed by atoms with Gasteiger partial charge in [0.25, 0.3) is 10.0 Å². The van der Waals surface area contributed by atoms with Gasteiger partial charge in [-0.15, -0.1) is 0 Å². The van der Waals surface area contributed by atoms with Gasteiger partial charge in [-0.2, -0.15) is 0 Å². The summed E-state index contributed by atoms with van der Waals surface area (Å²) >= 11 is 3.40. The van der Waals surface area contributed by atoms with Gasteiger partial charge in [0.1, 0.15) is 12.6 Å². The summed E-state index contributed by atoms with van der Waals surface area (Å²) in [5.74, 6) is -0.743. The van der Waals surface area contributed by atoms with Crippen LogP contribution in [0.2, 0.25) is 0 Å². The number of amides is 2. The zero-order chi connectivity index (χ0) is 27.7. The third-order valence-corrected chi connectivity index (χ3v) is 8.64. The largest absolute Gasteiger partial charge is 0.352 e. The lowest BCUT2D eigenvalue weighted by Gasteiger charge is -2.32. The van der Waals surface area contributed by atoms with E-state index in [-0.39, 0.29) is 23.4 Å². The van der Waals surface area contributed by atoms with Crippen molar-refractivity contribution in [3.8, 4) is 0 Å². The predicted octanol–water partition coefficient (Wildman–Crippen LogP) is 5.02. The quantitative estimate of drug-likeness (QED) is 0.317. The molecule has 0 aliphatic heterocycles. The second kappa shape index (κ2) is 13.6. The summed E-state index contributed by atoms with van der Waals surface area (Å²) in [6, 6.07) is 23.6. The SMILES string of the molecule is CC[C@H](C)NC(=O)[C@H](C)N(CCc1ccccc1)C(=O)CN(c1cccc(Br)c1)S(=O)(=O)c1ccccc1. The number of halogens is 1. The highest BCUT2D eigenvalue weighted by Crippen LogP contribution is 2.26. The molecule has 0 aliphatic carbocycles. The molecule has 2 atom stereocenters. The van der Waals surface area contributed by atoms with Gasteiger partial charge in [0, 0.05) is 17.1 Å². The van der Waals surface area contributed by atoms with Gasteiger partial charge in [-0.1, -0.05) is 77.5 Å². The van der Waals surface area contributed by atoms with Crippen molar-refractivity contribution < 1.29 is 18.0 Å². The smallest absolute Gasteiger partial charge is 0.264 e. The topological polar surface area (TPSA) is 86.8 Å². The molecule has 9 heteroatoms. The maximum absolute atomic E-state index is 13.8. The fourth-order valence-electron chi connectivity index (χ4n) is 3.92. The Balaban J connectivity index is 1.96. The molecule has 0 saturated heterocycles. The molecular weight excluding hydrogens is 566 g/mol. The molecule has 38 heavy (non-hydrogen) atoms. The minimum atomic E-state index is -4.07. The zero-order valence-corrected chi connectivity index (χ0v) is 24.3. The molecule has 202 valence electrons. The number of hydrogen-bond donors (Lipinski definition) is 1. The molecule has 2 amide bonds. The van der Waals surface area contributed by atoms with Crippen LogP contribution in [0.25, 0.3) is 0 Å². The first kappa shape index (κ1) is 29.4. The molecule has 3 aromatic rings. The van der Waals surface area contributed by atoms with Crippen LogP contribution in [0, 0.1) is 0 Å². The van der Waals surface area contributed by atoms with Gasteiger partial charge in [-0.3, -0.25) is 13.9 Å². The van der Waals surface area contributed by atoms with Crippen LogP contribution < -0.4 is 9.62 Å². The van der Waals surface area contributed by atoms with Crippen molar-refractivity contribution in [2.75, 3.05) is 17.4 Å². The van der Waals surface area contributed by atoms with Gasteiger partial charge in [0.15, 0.2) is 0 Å². The second-order valence-electron chi connectivity index (χ2n) is 9.12. The molecule has 7 nitrogen and oxygen atoms in total. The number of carbonyl (C=O) groups excluding carboxylic acids is 2. The molecule has 1 N–H and O–H groups in total. The van der Waals surface area contributed by atoms with Crippen LogP contribution in [-0.4, -0.2) is 50.3 Å². The van der Waals surface area contributed by atoms with Crippen molar-refractivity contribution in [3.63, 3.8) is 0 Å². The molecule has 0 spiro atoms. The standard InChI is InChI=1S/C29H34BrN3O4S/c1-4-22(2)31-29(35)23(3)32(19-18-24-12-7-5-8-13-24)28(34)21-33(26-15-11-14-25(30)20-26)38(36,37)27-16-9-6-10-17-27/h5-17,20,22-23H,4,18-19,21H2,1-3H3,(H,31,35)/t22-,23-/m0/s1. The van der Waals surface area contributed by atoms with E-state index in [1.54, 1.807) is 49.4 Å². The monoisotopic (exact) mass is 599 g/mol. The second-order valence-corrected chi connectivity index (χ2v) is 11.9. The van der Waals surface area contributed by atoms with E-state index < -0.39 is 28.5 Å². The van der Waals surface area contributed by atoms with E-state index in [2.05, 4.69) is 21.2 Å². The number of sulfonamides is 1. The Labute approximate surface area is 234 Å². The minimum absolute atomic E-state index is 0.0485. The van der Waals surface area contributed by atoms with Crippen molar-refractivity contribution in [3.05, 3.63) is 95.0 Å². The van der Waals surface area contributed by atoms with Gasteiger partial charge in [0.2, 0.25) is 11.8 Å². The molecular formula is C29H34BrN3O4S. The van der Waals surface area contributed by atoms with E-state index in [9.17, 15) is 18.0 Å². The summed E-state index contributed by atoms with van der Waals surface area (Å²) in [5, 5.41) is 2.94. The number of hydrogen-bond acceptors (Lipinski definition) is 4. The number of nitrogens with zero attached hydrogens (tertiary/aromatic N) is 2. The first-order chi connectivity index (χ1) is 18.1. The highest BCUT2D eigenvalue weighted by atomic mass is 79.9. The molecule has 0 bridgehead atoms. The Hall–Kier alpha value is -3.17. The number of nitrogens with one attached hydrogen (secondary N) is 1. The normalized spacial score (nSPS) is 12.8. The van der Waals surface area contributed by atoms with Crippen LogP contribution >= 0.6 is 15.9 Å². The molecule has 0 saturated carbocycles. The van der Waals surface area contributed by atoms with Gasteiger partial charge in [-0.05, 0) is 62.6 Å². The van der Waals surface area contributed by atoms with Crippen LogP contribution in [0.15, 0.2) is 94.3 Å². The summed E-state index contributed by atoms with van der Waals surface area (Å²) in [4.78, 5) is 28.4. The lowest BCUT2D eigenvalue weighted by molar-refractivity contribution is -0.139. The van der Waals surface area contributed by atoms with E-state index in [1.807, 2.05) is 44.2 Å². The van der Waals surface area contributed by atoms with Crippen molar-refractivity contribution >= 4 is 43.5 Å². The minimum Gasteiger partial charge on any atom is -0.352 e. The van der Waals surface area contributed by atoms with E-state index >= 15 is 0 Å². The molecule has 0 aliphatic rings. The highest BCUT2D eigenvalue weighted by molar-refractivity contribution is 9.10. The summed E-state index contributed by atoms with van der Waals surface area (Å²) in [6.45, 7) is 5.36. The molecule has 0 heterocycles. The van der Waals surface area contributed by atoms with Gasteiger partial charge in [-0.25, -0.2) is 8.42 Å². The highest BCUT2D eigenvalue weighted by Gasteiger charge is 2.32. The summed E-state index contributed by atoms with van der Waals surface area (Å²) in [7, 11) is -4.07. The van der Waals surface area contributed by atoms with Crippen LogP contribution in [0.3, 0.4) is 0 Å². The summed E-state index contributed by atoms with van der Waals surface area (Å²) < 4.78 is 29.2. The number of anilines is 1. The van der Waals surface area contributed by atoms with Crippen LogP contribution in [0.4, 0.5) is 5.69 Å². The Morgan fingerprint density at radius 3 is 2.16 bits per heavy atom. The van der Waals surface area contributed by atoms with E-state index in [0.717, 1.165) is 16.3 Å². The summed E-state index contributed by atoms with van der Waals surface area (Å²) in [6.07, 6.45) is 1.28. The number of benzene rings is 3. The van der Waals surface area contributed by atoms with Crippen molar-refractivity contribution in [2.45, 2.75) is 50.6 Å². The molecule has 0 fully saturated rings. The molecule has 0 radical (unpaired) electrons. The molecule has 0 unspecified atom stereocenters. The molecule has 0 aromatic heterocycles. The Morgan fingerprint density at radius 1 is 0.921 bits per heavy atom. The maximum atomic E-state index is 13.8. The maximum Gasteiger partial charge on any atom is 0.264 e. The van der Waals surface area contributed by atoms with Gasteiger partial charge < -0.3 is 10.2 Å². The first-order valence-electron chi connectivity index (χ1n) is 12.6. The third kappa shape index (κ3) is 7.68. The number of rotatable bonds is 12. The molecule has 3 rings (SSSR count). The summed E-state index contributed by atoms with van der Waals surface area (Å²) in [5.41, 5.74) is 1.36. The van der Waals surface area contributed by atoms with Crippen LogP contribution in [0.5, 0.6) is 0 Å². The Bertz CT molecular complexity index is 1320. The fraction of sp³-hybridized carbons (Fsp3) is 0.310. The average Bonchev–Trinajstić information content (AvgIpc) is 2.92. The van der Waals surface area contributed by atoms with E-state index in [0.29, 0.717) is 16.6 Å². The third-order valence-electron chi connectivity index (χ3n) is 6.36. The zero-order valence-electron chi connectivity index (χ0n) is 21.9.